The lowest BCUT2D eigenvalue weighted by Crippen LogP contribution is -2.56. The van der Waals surface area contributed by atoms with Crippen molar-refractivity contribution in [3.63, 3.8) is 0 Å². The number of halogens is 1. The number of carbonyl (C=O) groups is 2. The van der Waals surface area contributed by atoms with E-state index in [1.807, 2.05) is 13.8 Å². The van der Waals surface area contributed by atoms with Crippen LogP contribution in [0.5, 0.6) is 0 Å². The average Bonchev–Trinajstić information content (AvgIpc) is 2.89. The molecular weight excluding hydrogens is 528 g/mol. The van der Waals surface area contributed by atoms with Crippen molar-refractivity contribution in [2.24, 2.45) is 0 Å². The normalized spacial score (nSPS) is 21.4. The van der Waals surface area contributed by atoms with Gasteiger partial charge in [-0.25, -0.2) is 18.0 Å². The van der Waals surface area contributed by atoms with Crippen LogP contribution >= 0.6 is 11.6 Å². The summed E-state index contributed by atoms with van der Waals surface area (Å²) >= 11 is 6.07. The monoisotopic (exact) mass is 560 g/mol. The van der Waals surface area contributed by atoms with E-state index in [0.29, 0.717) is 54.6 Å². The predicted octanol–water partition coefficient (Wildman–Crippen LogP) is 3.64. The van der Waals surface area contributed by atoms with Crippen LogP contribution in [0.15, 0.2) is 70.8 Å². The molecular formula is C27H33ClN4O5S. The van der Waals surface area contributed by atoms with Gasteiger partial charge >= 0.3 is 12.0 Å². The van der Waals surface area contributed by atoms with E-state index in [4.69, 9.17) is 16.3 Å². The van der Waals surface area contributed by atoms with Crippen molar-refractivity contribution in [3.05, 3.63) is 76.5 Å². The number of sulfonamides is 1. The second-order valence-corrected chi connectivity index (χ2v) is 11.6. The van der Waals surface area contributed by atoms with Crippen LogP contribution in [0.4, 0.5) is 4.79 Å². The molecule has 0 spiro atoms. The lowest BCUT2D eigenvalue weighted by atomic mass is 9.94. The molecule has 0 bridgehead atoms. The third-order valence-corrected chi connectivity index (χ3v) is 9.11. The van der Waals surface area contributed by atoms with E-state index < -0.39 is 22.0 Å². The summed E-state index contributed by atoms with van der Waals surface area (Å²) in [4.78, 5) is 30.3. The van der Waals surface area contributed by atoms with Gasteiger partial charge in [-0.2, -0.15) is 4.31 Å². The minimum absolute atomic E-state index is 0.191. The molecule has 204 valence electrons. The van der Waals surface area contributed by atoms with Crippen LogP contribution in [0.25, 0.3) is 0 Å². The summed E-state index contributed by atoms with van der Waals surface area (Å²) < 4.78 is 33.4. The van der Waals surface area contributed by atoms with Crippen molar-refractivity contribution in [1.82, 2.24) is 19.4 Å². The highest BCUT2D eigenvalue weighted by atomic mass is 35.5. The fraction of sp³-hybridized carbons (Fsp3) is 0.407. The summed E-state index contributed by atoms with van der Waals surface area (Å²) in [5.41, 5.74) is 1.63. The van der Waals surface area contributed by atoms with Crippen LogP contribution in [0.2, 0.25) is 5.02 Å². The zero-order valence-electron chi connectivity index (χ0n) is 21.8. The Morgan fingerprint density at radius 3 is 2.37 bits per heavy atom. The van der Waals surface area contributed by atoms with Crippen molar-refractivity contribution in [3.8, 4) is 0 Å². The SMILES string of the molecule is CCOC(=O)C1=C(CN2CCN(S(=O)(=O)c3ccccc3)[C@@H](C)C2)N(CC)C(=O)N[C@H]1c1ccc(Cl)cc1. The molecule has 0 radical (unpaired) electrons. The lowest BCUT2D eigenvalue weighted by Gasteiger charge is -2.42. The van der Waals surface area contributed by atoms with Gasteiger partial charge in [-0.05, 0) is 50.6 Å². The number of likely N-dealkylation sites (N-methyl/N-ethyl adjacent to an activating group) is 1. The number of nitrogens with one attached hydrogen (secondary N) is 1. The van der Waals surface area contributed by atoms with Gasteiger partial charge in [-0.1, -0.05) is 41.9 Å². The maximum Gasteiger partial charge on any atom is 0.338 e. The van der Waals surface area contributed by atoms with Crippen molar-refractivity contribution < 1.29 is 22.7 Å². The summed E-state index contributed by atoms with van der Waals surface area (Å²) in [6.45, 7) is 7.47. The predicted molar refractivity (Wildman–Crippen MR) is 145 cm³/mol. The third-order valence-electron chi connectivity index (χ3n) is 6.83. The largest absolute Gasteiger partial charge is 0.463 e. The first kappa shape index (κ1) is 28.1. The molecule has 0 unspecified atom stereocenters. The number of rotatable bonds is 8. The quantitative estimate of drug-likeness (QED) is 0.495. The fourth-order valence-electron chi connectivity index (χ4n) is 5.02. The zero-order chi connectivity index (χ0) is 27.4. The lowest BCUT2D eigenvalue weighted by molar-refractivity contribution is -0.139. The summed E-state index contributed by atoms with van der Waals surface area (Å²) in [6, 6.07) is 14.1. The molecule has 4 rings (SSSR count). The number of hydrogen-bond donors (Lipinski definition) is 1. The number of carbonyl (C=O) groups excluding carboxylic acids is 2. The average molecular weight is 561 g/mol. The smallest absolute Gasteiger partial charge is 0.338 e. The van der Waals surface area contributed by atoms with E-state index in [9.17, 15) is 18.0 Å². The molecule has 2 amide bonds. The highest BCUT2D eigenvalue weighted by Gasteiger charge is 2.40. The van der Waals surface area contributed by atoms with Crippen LogP contribution in [0.1, 0.15) is 32.4 Å². The van der Waals surface area contributed by atoms with Crippen LogP contribution in [-0.4, -0.2) is 79.9 Å². The van der Waals surface area contributed by atoms with E-state index in [-0.39, 0.29) is 23.6 Å². The molecule has 2 atom stereocenters. The van der Waals surface area contributed by atoms with E-state index >= 15 is 0 Å². The Bertz CT molecular complexity index is 1300. The molecule has 2 heterocycles. The second kappa shape index (κ2) is 11.9. The summed E-state index contributed by atoms with van der Waals surface area (Å²) in [5, 5.41) is 3.49. The number of piperazine rings is 1. The van der Waals surface area contributed by atoms with Crippen LogP contribution in [0, 0.1) is 0 Å². The Kier molecular flexibility index (Phi) is 8.77. The van der Waals surface area contributed by atoms with Crippen molar-refractivity contribution in [2.45, 2.75) is 37.8 Å². The Labute approximate surface area is 229 Å². The first-order valence-electron chi connectivity index (χ1n) is 12.7. The van der Waals surface area contributed by atoms with Gasteiger partial charge in [0.05, 0.1) is 23.1 Å². The Morgan fingerprint density at radius 1 is 1.08 bits per heavy atom. The number of amides is 2. The first-order valence-corrected chi connectivity index (χ1v) is 14.5. The Balaban J connectivity index is 1.65. The van der Waals surface area contributed by atoms with Gasteiger partial charge in [-0.3, -0.25) is 9.80 Å². The molecule has 0 aliphatic carbocycles. The van der Waals surface area contributed by atoms with Gasteiger partial charge in [0.25, 0.3) is 0 Å². The zero-order valence-corrected chi connectivity index (χ0v) is 23.3. The maximum atomic E-state index is 13.3. The maximum absolute atomic E-state index is 13.3. The molecule has 1 N–H and O–H groups in total. The molecule has 0 saturated carbocycles. The molecule has 38 heavy (non-hydrogen) atoms. The van der Waals surface area contributed by atoms with Crippen molar-refractivity contribution >= 4 is 33.6 Å². The molecule has 11 heteroatoms. The van der Waals surface area contributed by atoms with Gasteiger partial charge in [0.1, 0.15) is 0 Å². The van der Waals surface area contributed by atoms with Crippen LogP contribution < -0.4 is 5.32 Å². The molecule has 1 saturated heterocycles. The van der Waals surface area contributed by atoms with Gasteiger partial charge in [0, 0.05) is 49.5 Å². The Hall–Kier alpha value is -2.92. The van der Waals surface area contributed by atoms with Crippen LogP contribution in [-0.2, 0) is 19.6 Å². The molecule has 0 aromatic heterocycles. The molecule has 1 fully saturated rings. The van der Waals surface area contributed by atoms with E-state index in [2.05, 4.69) is 10.2 Å². The van der Waals surface area contributed by atoms with E-state index in [1.54, 1.807) is 66.4 Å². The number of urea groups is 1. The molecule has 2 aliphatic heterocycles. The minimum atomic E-state index is -3.64. The van der Waals surface area contributed by atoms with Gasteiger partial charge in [0.15, 0.2) is 0 Å². The summed E-state index contributed by atoms with van der Waals surface area (Å²) in [7, 11) is -3.64. The fourth-order valence-corrected chi connectivity index (χ4v) is 6.78. The highest BCUT2D eigenvalue weighted by molar-refractivity contribution is 7.89. The van der Waals surface area contributed by atoms with Gasteiger partial charge < -0.3 is 10.1 Å². The standard InChI is InChI=1S/C27H33ClN4O5S/c1-4-31-23(18-30-15-16-32(19(3)17-30)38(35,36)22-9-7-6-8-10-22)24(26(33)37-5-2)25(29-27(31)34)20-11-13-21(28)14-12-20/h6-14,19,25H,4-5,15-18H2,1-3H3,(H,29,34)/t19-,25-/m0/s1. The van der Waals surface area contributed by atoms with Crippen molar-refractivity contribution in [2.75, 3.05) is 39.3 Å². The molecule has 9 nitrogen and oxygen atoms in total. The third kappa shape index (κ3) is 5.73. The molecule has 2 aromatic rings. The topological polar surface area (TPSA) is 99.3 Å². The number of esters is 1. The minimum Gasteiger partial charge on any atom is -0.463 e. The first-order chi connectivity index (χ1) is 18.2. The molecule has 2 aromatic carbocycles. The van der Waals surface area contributed by atoms with E-state index in [1.165, 1.54) is 4.31 Å². The van der Waals surface area contributed by atoms with Crippen molar-refractivity contribution in [1.29, 1.82) is 0 Å². The number of benzene rings is 2. The van der Waals surface area contributed by atoms with Gasteiger partial charge in [-0.15, -0.1) is 0 Å². The van der Waals surface area contributed by atoms with Crippen LogP contribution in [0.3, 0.4) is 0 Å². The summed E-state index contributed by atoms with van der Waals surface area (Å²) in [5.74, 6) is -0.501. The number of ether oxygens (including phenoxy) is 1. The van der Waals surface area contributed by atoms with E-state index in [0.717, 1.165) is 0 Å². The second-order valence-electron chi connectivity index (χ2n) is 9.27. The highest BCUT2D eigenvalue weighted by Crippen LogP contribution is 2.33. The number of nitrogens with zero attached hydrogens (tertiary/aromatic N) is 3. The summed E-state index contributed by atoms with van der Waals surface area (Å²) in [6.07, 6.45) is 0. The Morgan fingerprint density at radius 2 is 1.76 bits per heavy atom. The molecule has 2 aliphatic rings. The number of hydrogen-bond acceptors (Lipinski definition) is 6. The van der Waals surface area contributed by atoms with Gasteiger partial charge in [0.2, 0.25) is 10.0 Å².